The molecule has 0 spiro atoms. The van der Waals surface area contributed by atoms with E-state index in [1.54, 1.807) is 0 Å². The average Bonchev–Trinajstić information content (AvgIpc) is 2.45. The Morgan fingerprint density at radius 2 is 1.71 bits per heavy atom. The molecule has 1 atom stereocenters. The number of nitrogens with zero attached hydrogens (tertiary/aromatic N) is 1. The SMILES string of the molecule is O=[N+]([O-])c1ccc(OCC(O)c2c(F)cccc2F)cc1. The molecule has 0 bridgehead atoms. The summed E-state index contributed by atoms with van der Waals surface area (Å²) in [7, 11) is 0. The molecule has 2 aromatic rings. The maximum absolute atomic E-state index is 13.4. The summed E-state index contributed by atoms with van der Waals surface area (Å²) in [6, 6.07) is 8.39. The minimum absolute atomic E-state index is 0.108. The molecule has 0 amide bonds. The maximum Gasteiger partial charge on any atom is 0.269 e. The van der Waals surface area contributed by atoms with Crippen LogP contribution in [0.3, 0.4) is 0 Å². The van der Waals surface area contributed by atoms with Crippen LogP contribution in [0.5, 0.6) is 5.75 Å². The number of aliphatic hydroxyl groups excluding tert-OH is 1. The number of aliphatic hydroxyl groups is 1. The predicted octanol–water partition coefficient (Wildman–Crippen LogP) is 2.99. The first-order valence-electron chi connectivity index (χ1n) is 5.98. The average molecular weight is 295 g/mol. The third kappa shape index (κ3) is 3.51. The first kappa shape index (κ1) is 14.9. The van der Waals surface area contributed by atoms with Crippen molar-refractivity contribution < 1.29 is 23.5 Å². The van der Waals surface area contributed by atoms with Crippen LogP contribution in [0.25, 0.3) is 0 Å². The molecule has 2 aromatic carbocycles. The van der Waals surface area contributed by atoms with E-state index in [1.165, 1.54) is 30.3 Å². The topological polar surface area (TPSA) is 72.6 Å². The van der Waals surface area contributed by atoms with E-state index in [0.29, 0.717) is 0 Å². The van der Waals surface area contributed by atoms with Gasteiger partial charge in [0.05, 0.1) is 10.5 Å². The first-order valence-corrected chi connectivity index (χ1v) is 5.98. The van der Waals surface area contributed by atoms with E-state index in [1.807, 2.05) is 0 Å². The molecule has 0 aliphatic heterocycles. The van der Waals surface area contributed by atoms with Gasteiger partial charge in [-0.25, -0.2) is 8.78 Å². The predicted molar refractivity (Wildman–Crippen MR) is 69.9 cm³/mol. The highest BCUT2D eigenvalue weighted by Gasteiger charge is 2.18. The van der Waals surface area contributed by atoms with Crippen LogP contribution in [-0.2, 0) is 0 Å². The van der Waals surface area contributed by atoms with Crippen molar-refractivity contribution in [1.82, 2.24) is 0 Å². The molecule has 1 N–H and O–H groups in total. The monoisotopic (exact) mass is 295 g/mol. The minimum Gasteiger partial charge on any atom is -0.491 e. The lowest BCUT2D eigenvalue weighted by Gasteiger charge is -2.14. The molecule has 7 heteroatoms. The van der Waals surface area contributed by atoms with Crippen LogP contribution in [0.4, 0.5) is 14.5 Å². The molecule has 2 rings (SSSR count). The Morgan fingerprint density at radius 1 is 1.14 bits per heavy atom. The lowest BCUT2D eigenvalue weighted by Crippen LogP contribution is -2.13. The van der Waals surface area contributed by atoms with Gasteiger partial charge < -0.3 is 9.84 Å². The van der Waals surface area contributed by atoms with Crippen LogP contribution < -0.4 is 4.74 Å². The van der Waals surface area contributed by atoms with Gasteiger partial charge in [-0.1, -0.05) is 6.07 Å². The second-order valence-corrected chi connectivity index (χ2v) is 4.21. The van der Waals surface area contributed by atoms with Gasteiger partial charge in [-0.05, 0) is 24.3 Å². The molecular formula is C14H11F2NO4. The van der Waals surface area contributed by atoms with E-state index < -0.39 is 28.2 Å². The molecule has 110 valence electrons. The standard InChI is InChI=1S/C14H11F2NO4/c15-11-2-1-3-12(16)14(11)13(18)8-21-10-6-4-9(5-7-10)17(19)20/h1-7,13,18H,8H2. The fraction of sp³-hybridized carbons (Fsp3) is 0.143. The number of non-ortho nitro benzene ring substituents is 1. The van der Waals surface area contributed by atoms with E-state index in [2.05, 4.69) is 0 Å². The molecule has 0 saturated heterocycles. The lowest BCUT2D eigenvalue weighted by molar-refractivity contribution is -0.384. The molecule has 0 heterocycles. The Kier molecular flexibility index (Phi) is 4.44. The Bertz CT molecular complexity index is 626. The zero-order chi connectivity index (χ0) is 15.4. The highest BCUT2D eigenvalue weighted by molar-refractivity contribution is 5.36. The third-order valence-electron chi connectivity index (χ3n) is 2.79. The van der Waals surface area contributed by atoms with Gasteiger partial charge >= 0.3 is 0 Å². The van der Waals surface area contributed by atoms with Crippen molar-refractivity contribution in [3.63, 3.8) is 0 Å². The van der Waals surface area contributed by atoms with E-state index in [4.69, 9.17) is 4.74 Å². The Balaban J connectivity index is 2.04. The molecular weight excluding hydrogens is 284 g/mol. The van der Waals surface area contributed by atoms with E-state index in [-0.39, 0.29) is 18.0 Å². The zero-order valence-electron chi connectivity index (χ0n) is 10.7. The van der Waals surface area contributed by atoms with Gasteiger partial charge in [0, 0.05) is 12.1 Å². The van der Waals surface area contributed by atoms with Crippen molar-refractivity contribution in [3.05, 3.63) is 69.8 Å². The maximum atomic E-state index is 13.4. The fourth-order valence-electron chi connectivity index (χ4n) is 1.75. The van der Waals surface area contributed by atoms with Crippen molar-refractivity contribution in [1.29, 1.82) is 0 Å². The summed E-state index contributed by atoms with van der Waals surface area (Å²) in [4.78, 5) is 9.92. The van der Waals surface area contributed by atoms with Gasteiger partial charge in [0.25, 0.3) is 5.69 Å². The van der Waals surface area contributed by atoms with Crippen molar-refractivity contribution in [2.45, 2.75) is 6.10 Å². The number of nitro groups is 1. The normalized spacial score (nSPS) is 12.0. The molecule has 0 aliphatic rings. The van der Waals surface area contributed by atoms with E-state index in [0.717, 1.165) is 12.1 Å². The summed E-state index contributed by atoms with van der Waals surface area (Å²) in [5.41, 5.74) is -0.581. The summed E-state index contributed by atoms with van der Waals surface area (Å²) < 4.78 is 32.0. The van der Waals surface area contributed by atoms with Crippen molar-refractivity contribution in [3.8, 4) is 5.75 Å². The lowest BCUT2D eigenvalue weighted by atomic mass is 10.1. The largest absolute Gasteiger partial charge is 0.491 e. The highest BCUT2D eigenvalue weighted by Crippen LogP contribution is 2.23. The van der Waals surface area contributed by atoms with Crippen LogP contribution in [0, 0.1) is 21.7 Å². The van der Waals surface area contributed by atoms with Gasteiger partial charge in [0.1, 0.15) is 30.1 Å². The molecule has 0 radical (unpaired) electrons. The number of benzene rings is 2. The second-order valence-electron chi connectivity index (χ2n) is 4.21. The van der Waals surface area contributed by atoms with Gasteiger partial charge in [-0.2, -0.15) is 0 Å². The second kappa shape index (κ2) is 6.27. The van der Waals surface area contributed by atoms with Crippen molar-refractivity contribution in [2.24, 2.45) is 0 Å². The molecule has 0 fully saturated rings. The van der Waals surface area contributed by atoms with E-state index >= 15 is 0 Å². The van der Waals surface area contributed by atoms with Gasteiger partial charge in [0.15, 0.2) is 0 Å². The molecule has 1 unspecified atom stereocenters. The van der Waals surface area contributed by atoms with Crippen molar-refractivity contribution >= 4 is 5.69 Å². The minimum atomic E-state index is -1.48. The summed E-state index contributed by atoms with van der Waals surface area (Å²) in [6.07, 6.45) is -1.48. The summed E-state index contributed by atoms with van der Waals surface area (Å²) in [5, 5.41) is 20.3. The Hall–Kier alpha value is -2.54. The molecule has 0 aliphatic carbocycles. The number of nitro benzene ring substituents is 1. The zero-order valence-corrected chi connectivity index (χ0v) is 10.7. The molecule has 5 nitrogen and oxygen atoms in total. The van der Waals surface area contributed by atoms with Crippen LogP contribution in [0.2, 0.25) is 0 Å². The van der Waals surface area contributed by atoms with Crippen LogP contribution in [0.15, 0.2) is 42.5 Å². The molecule has 0 aromatic heterocycles. The van der Waals surface area contributed by atoms with Gasteiger partial charge in [-0.3, -0.25) is 10.1 Å². The number of halogens is 2. The van der Waals surface area contributed by atoms with Gasteiger partial charge in [0.2, 0.25) is 0 Å². The van der Waals surface area contributed by atoms with Crippen LogP contribution in [0.1, 0.15) is 11.7 Å². The number of hydrogen-bond donors (Lipinski definition) is 1. The smallest absolute Gasteiger partial charge is 0.269 e. The first-order chi connectivity index (χ1) is 9.99. The number of ether oxygens (including phenoxy) is 1. The fourth-order valence-corrected chi connectivity index (χ4v) is 1.75. The van der Waals surface area contributed by atoms with Crippen LogP contribution in [-0.4, -0.2) is 16.6 Å². The molecule has 21 heavy (non-hydrogen) atoms. The van der Waals surface area contributed by atoms with E-state index in [9.17, 15) is 24.0 Å². The Labute approximate surface area is 118 Å². The summed E-state index contributed by atoms with van der Waals surface area (Å²) in [6.45, 7) is -0.379. The highest BCUT2D eigenvalue weighted by atomic mass is 19.1. The number of hydrogen-bond acceptors (Lipinski definition) is 4. The Morgan fingerprint density at radius 3 is 2.24 bits per heavy atom. The summed E-state index contributed by atoms with van der Waals surface area (Å²) in [5.74, 6) is -1.49. The summed E-state index contributed by atoms with van der Waals surface area (Å²) >= 11 is 0. The van der Waals surface area contributed by atoms with Crippen molar-refractivity contribution in [2.75, 3.05) is 6.61 Å². The quantitative estimate of drug-likeness (QED) is 0.680. The van der Waals surface area contributed by atoms with Crippen LogP contribution >= 0.6 is 0 Å². The molecule has 0 saturated carbocycles. The third-order valence-corrected chi connectivity index (χ3v) is 2.79. The number of rotatable bonds is 5. The van der Waals surface area contributed by atoms with Gasteiger partial charge in [-0.15, -0.1) is 0 Å².